The Morgan fingerprint density at radius 1 is 1.44 bits per heavy atom. The Hall–Kier alpha value is -2.04. The number of carboxylic acid groups (broad SMARTS) is 1. The molecule has 2 rings (SSSR count). The van der Waals surface area contributed by atoms with Gasteiger partial charge in [0.1, 0.15) is 12.3 Å². The van der Waals surface area contributed by atoms with Gasteiger partial charge in [-0.15, -0.1) is 0 Å². The van der Waals surface area contributed by atoms with Crippen LogP contribution in [0.2, 0.25) is 0 Å². The molecule has 0 fully saturated rings. The lowest BCUT2D eigenvalue weighted by Crippen LogP contribution is -2.43. The zero-order valence-corrected chi connectivity index (χ0v) is 10.1. The highest BCUT2D eigenvalue weighted by atomic mass is 16.5. The first kappa shape index (κ1) is 12.4. The standard InChI is InChI=1S/C13H15NO4/c1-2-14(8-12(15)16)13(17)11-7-9-5-3-4-6-10(9)18-11/h3-6,11H,2,7-8H2,1H3,(H,15,16). The highest BCUT2D eigenvalue weighted by Crippen LogP contribution is 2.28. The van der Waals surface area contributed by atoms with E-state index >= 15 is 0 Å². The van der Waals surface area contributed by atoms with Crippen molar-refractivity contribution in [2.75, 3.05) is 13.1 Å². The summed E-state index contributed by atoms with van der Waals surface area (Å²) in [6.45, 7) is 1.83. The van der Waals surface area contributed by atoms with E-state index in [1.54, 1.807) is 6.92 Å². The van der Waals surface area contributed by atoms with E-state index in [1.807, 2.05) is 24.3 Å². The van der Waals surface area contributed by atoms with E-state index in [0.717, 1.165) is 5.56 Å². The van der Waals surface area contributed by atoms with Crippen LogP contribution >= 0.6 is 0 Å². The maximum atomic E-state index is 12.1. The molecule has 1 aliphatic rings. The quantitative estimate of drug-likeness (QED) is 0.861. The molecular weight excluding hydrogens is 234 g/mol. The fraction of sp³-hybridized carbons (Fsp3) is 0.385. The molecule has 1 atom stereocenters. The first-order valence-corrected chi connectivity index (χ1v) is 5.87. The minimum absolute atomic E-state index is 0.267. The first-order valence-electron chi connectivity index (χ1n) is 5.87. The van der Waals surface area contributed by atoms with Gasteiger partial charge in [-0.05, 0) is 18.6 Å². The van der Waals surface area contributed by atoms with Crippen molar-refractivity contribution in [3.05, 3.63) is 29.8 Å². The summed E-state index contributed by atoms with van der Waals surface area (Å²) in [5.41, 5.74) is 0.988. The molecule has 1 amide bonds. The summed E-state index contributed by atoms with van der Waals surface area (Å²) in [4.78, 5) is 24.1. The molecule has 0 aliphatic carbocycles. The van der Waals surface area contributed by atoms with Crippen LogP contribution in [-0.4, -0.2) is 41.1 Å². The van der Waals surface area contributed by atoms with Gasteiger partial charge < -0.3 is 14.7 Å². The predicted octanol–water partition coefficient (Wildman–Crippen LogP) is 0.923. The lowest BCUT2D eigenvalue weighted by atomic mass is 10.1. The second-order valence-corrected chi connectivity index (χ2v) is 4.16. The number of carboxylic acids is 1. The molecule has 96 valence electrons. The van der Waals surface area contributed by atoms with Crippen molar-refractivity contribution < 1.29 is 19.4 Å². The van der Waals surface area contributed by atoms with Crippen molar-refractivity contribution in [3.63, 3.8) is 0 Å². The van der Waals surface area contributed by atoms with Crippen molar-refractivity contribution in [1.29, 1.82) is 0 Å². The van der Waals surface area contributed by atoms with Gasteiger partial charge in [-0.3, -0.25) is 9.59 Å². The Morgan fingerprint density at radius 2 is 2.17 bits per heavy atom. The van der Waals surface area contributed by atoms with Gasteiger partial charge in [0.05, 0.1) is 0 Å². The third-order valence-corrected chi connectivity index (χ3v) is 2.94. The van der Waals surface area contributed by atoms with Crippen LogP contribution < -0.4 is 4.74 Å². The summed E-state index contributed by atoms with van der Waals surface area (Å²) in [6.07, 6.45) is -0.0906. The number of ether oxygens (including phenoxy) is 1. The maximum Gasteiger partial charge on any atom is 0.323 e. The lowest BCUT2D eigenvalue weighted by Gasteiger charge is -2.21. The molecule has 1 aromatic carbocycles. The second kappa shape index (κ2) is 5.08. The molecule has 0 bridgehead atoms. The van der Waals surface area contributed by atoms with Crippen LogP contribution in [0, 0.1) is 0 Å². The number of para-hydroxylation sites is 1. The fourth-order valence-electron chi connectivity index (χ4n) is 2.03. The molecule has 5 heteroatoms. The van der Waals surface area contributed by atoms with Crippen LogP contribution in [0.15, 0.2) is 24.3 Å². The number of hydrogen-bond donors (Lipinski definition) is 1. The lowest BCUT2D eigenvalue weighted by molar-refractivity contribution is -0.147. The molecular formula is C13H15NO4. The highest BCUT2D eigenvalue weighted by Gasteiger charge is 2.32. The van der Waals surface area contributed by atoms with Gasteiger partial charge in [0.2, 0.25) is 0 Å². The third kappa shape index (κ3) is 2.45. The number of fused-ring (bicyclic) bond motifs is 1. The van der Waals surface area contributed by atoms with Gasteiger partial charge in [-0.1, -0.05) is 18.2 Å². The zero-order chi connectivity index (χ0) is 13.1. The van der Waals surface area contributed by atoms with Gasteiger partial charge in [0.25, 0.3) is 5.91 Å². The zero-order valence-electron chi connectivity index (χ0n) is 10.1. The first-order chi connectivity index (χ1) is 8.61. The fourth-order valence-corrected chi connectivity index (χ4v) is 2.03. The van der Waals surface area contributed by atoms with Gasteiger partial charge in [0.15, 0.2) is 6.10 Å². The van der Waals surface area contributed by atoms with Crippen LogP contribution in [0.5, 0.6) is 5.75 Å². The molecule has 1 unspecified atom stereocenters. The van der Waals surface area contributed by atoms with Gasteiger partial charge in [-0.2, -0.15) is 0 Å². The van der Waals surface area contributed by atoms with Crippen molar-refractivity contribution in [2.45, 2.75) is 19.4 Å². The van der Waals surface area contributed by atoms with Crippen LogP contribution in [0.1, 0.15) is 12.5 Å². The topological polar surface area (TPSA) is 66.8 Å². The molecule has 0 radical (unpaired) electrons. The van der Waals surface area contributed by atoms with Crippen LogP contribution in [0.25, 0.3) is 0 Å². The van der Waals surface area contributed by atoms with Crippen molar-refractivity contribution in [2.24, 2.45) is 0 Å². The van der Waals surface area contributed by atoms with Gasteiger partial charge >= 0.3 is 5.97 Å². The largest absolute Gasteiger partial charge is 0.480 e. The van der Waals surface area contributed by atoms with Crippen molar-refractivity contribution >= 4 is 11.9 Å². The molecule has 18 heavy (non-hydrogen) atoms. The molecule has 1 heterocycles. The smallest absolute Gasteiger partial charge is 0.323 e. The Kier molecular flexibility index (Phi) is 3.50. The summed E-state index contributed by atoms with van der Waals surface area (Å²) < 4.78 is 5.55. The molecule has 1 N–H and O–H groups in total. The number of amides is 1. The highest BCUT2D eigenvalue weighted by molar-refractivity contribution is 5.85. The Labute approximate surface area is 105 Å². The van der Waals surface area contributed by atoms with E-state index in [-0.39, 0.29) is 12.5 Å². The number of rotatable bonds is 4. The SMILES string of the molecule is CCN(CC(=O)O)C(=O)C1Cc2ccccc2O1. The summed E-state index contributed by atoms with van der Waals surface area (Å²) in [5, 5.41) is 8.75. The Bertz CT molecular complexity index is 447. The monoisotopic (exact) mass is 249 g/mol. The summed E-state index contributed by atoms with van der Waals surface area (Å²) in [6, 6.07) is 7.47. The molecule has 0 saturated heterocycles. The molecule has 0 saturated carbocycles. The second-order valence-electron chi connectivity index (χ2n) is 4.16. The number of carbonyl (C=O) groups is 2. The summed E-state index contributed by atoms with van der Waals surface area (Å²) >= 11 is 0. The van der Waals surface area contributed by atoms with Crippen LogP contribution in [0.3, 0.4) is 0 Å². The summed E-state index contributed by atoms with van der Waals surface area (Å²) in [5.74, 6) is -0.570. The average Bonchev–Trinajstić information content (AvgIpc) is 2.78. The molecule has 1 aromatic rings. The van der Waals surface area contributed by atoms with Gasteiger partial charge in [0, 0.05) is 13.0 Å². The normalized spacial score (nSPS) is 16.8. The average molecular weight is 249 g/mol. The van der Waals surface area contributed by atoms with E-state index < -0.39 is 12.1 Å². The molecule has 1 aliphatic heterocycles. The number of carbonyl (C=O) groups excluding carboxylic acids is 1. The van der Waals surface area contributed by atoms with E-state index in [9.17, 15) is 9.59 Å². The maximum absolute atomic E-state index is 12.1. The van der Waals surface area contributed by atoms with Crippen molar-refractivity contribution in [3.8, 4) is 5.75 Å². The predicted molar refractivity (Wildman–Crippen MR) is 64.5 cm³/mol. The number of likely N-dealkylation sites (N-methyl/N-ethyl adjacent to an activating group) is 1. The minimum atomic E-state index is -1.01. The minimum Gasteiger partial charge on any atom is -0.480 e. The Morgan fingerprint density at radius 3 is 2.78 bits per heavy atom. The van der Waals surface area contributed by atoms with Gasteiger partial charge in [-0.25, -0.2) is 0 Å². The molecule has 0 aromatic heterocycles. The van der Waals surface area contributed by atoms with E-state index in [2.05, 4.69) is 0 Å². The van der Waals surface area contributed by atoms with E-state index in [0.29, 0.717) is 18.7 Å². The van der Waals surface area contributed by atoms with E-state index in [1.165, 1.54) is 4.90 Å². The summed E-state index contributed by atoms with van der Waals surface area (Å²) in [7, 11) is 0. The molecule has 0 spiro atoms. The molecule has 5 nitrogen and oxygen atoms in total. The van der Waals surface area contributed by atoms with Crippen LogP contribution in [-0.2, 0) is 16.0 Å². The van der Waals surface area contributed by atoms with E-state index in [4.69, 9.17) is 9.84 Å². The van der Waals surface area contributed by atoms with Crippen LogP contribution in [0.4, 0.5) is 0 Å². The van der Waals surface area contributed by atoms with Crippen molar-refractivity contribution in [1.82, 2.24) is 4.90 Å². The number of nitrogens with zero attached hydrogens (tertiary/aromatic N) is 1. The Balaban J connectivity index is 2.06. The third-order valence-electron chi connectivity index (χ3n) is 2.94. The number of aliphatic carboxylic acids is 1. The number of benzene rings is 1. The number of hydrogen-bond acceptors (Lipinski definition) is 3.